The second-order valence-electron chi connectivity index (χ2n) is 4.12. The van der Waals surface area contributed by atoms with E-state index >= 15 is 0 Å². The average molecular weight is 205 g/mol. The minimum Gasteiger partial charge on any atom is -0.465 e. The first-order chi connectivity index (χ1) is 6.34. The average Bonchev–Trinajstić information content (AvgIpc) is 2.00. The van der Waals surface area contributed by atoms with Crippen molar-refractivity contribution >= 4 is 6.09 Å². The normalized spacial score (nSPS) is 13.8. The Labute approximate surface area is 84.3 Å². The molecule has 0 radical (unpaired) electrons. The highest BCUT2D eigenvalue weighted by atomic mass is 16.5. The number of nitrogens with zero attached hydrogens (tertiary/aromatic N) is 1. The summed E-state index contributed by atoms with van der Waals surface area (Å²) in [5.41, 5.74) is -0.544. The van der Waals surface area contributed by atoms with Crippen LogP contribution in [0.5, 0.6) is 0 Å². The highest BCUT2D eigenvalue weighted by molar-refractivity contribution is 5.66. The summed E-state index contributed by atoms with van der Waals surface area (Å²) >= 11 is 0. The fraction of sp³-hybridized carbons (Fsp3) is 0.889. The molecule has 1 unspecified atom stereocenters. The summed E-state index contributed by atoms with van der Waals surface area (Å²) < 4.78 is 4.86. The molecule has 0 aliphatic heterocycles. The fourth-order valence-electron chi connectivity index (χ4n) is 1.39. The Morgan fingerprint density at radius 1 is 1.50 bits per heavy atom. The number of rotatable bonds is 4. The van der Waals surface area contributed by atoms with E-state index in [2.05, 4.69) is 0 Å². The third-order valence-electron chi connectivity index (χ3n) is 1.86. The summed E-state index contributed by atoms with van der Waals surface area (Å²) in [4.78, 5) is 12.2. The van der Waals surface area contributed by atoms with Crippen LogP contribution in [0.25, 0.3) is 0 Å². The van der Waals surface area contributed by atoms with Crippen molar-refractivity contribution in [3.63, 3.8) is 0 Å². The van der Waals surface area contributed by atoms with Crippen molar-refractivity contribution in [2.45, 2.75) is 32.4 Å². The molecular formula is C9H19NO4. The molecule has 0 rings (SSSR count). The van der Waals surface area contributed by atoms with Gasteiger partial charge in [0.05, 0.1) is 19.3 Å². The Hall–Kier alpha value is -0.810. The predicted octanol–water partition coefficient (Wildman–Crippen LogP) is 0.772. The van der Waals surface area contributed by atoms with E-state index < -0.39 is 17.7 Å². The van der Waals surface area contributed by atoms with Crippen molar-refractivity contribution in [2.75, 3.05) is 20.3 Å². The molecule has 0 aromatic carbocycles. The molecule has 5 heteroatoms. The minimum absolute atomic E-state index is 0.195. The number of hydrogen-bond donors (Lipinski definition) is 2. The number of methoxy groups -OCH3 is 1. The summed E-state index contributed by atoms with van der Waals surface area (Å²) in [6.45, 7) is 5.29. The van der Waals surface area contributed by atoms with Gasteiger partial charge in [0.15, 0.2) is 0 Å². The molecule has 14 heavy (non-hydrogen) atoms. The zero-order chi connectivity index (χ0) is 11.4. The Bertz CT molecular complexity index is 188. The lowest BCUT2D eigenvalue weighted by Crippen LogP contribution is -2.54. The Morgan fingerprint density at radius 3 is 2.21 bits per heavy atom. The van der Waals surface area contributed by atoms with Crippen LogP contribution in [0.15, 0.2) is 0 Å². The summed E-state index contributed by atoms with van der Waals surface area (Å²) in [5, 5.41) is 18.1. The predicted molar refractivity (Wildman–Crippen MR) is 52.4 cm³/mol. The van der Waals surface area contributed by atoms with E-state index in [-0.39, 0.29) is 13.2 Å². The van der Waals surface area contributed by atoms with Crippen molar-refractivity contribution < 1.29 is 19.7 Å². The Kier molecular flexibility index (Phi) is 4.87. The van der Waals surface area contributed by atoms with Gasteiger partial charge in [-0.1, -0.05) is 0 Å². The molecule has 5 nitrogen and oxygen atoms in total. The molecule has 1 amide bonds. The van der Waals surface area contributed by atoms with Gasteiger partial charge >= 0.3 is 6.09 Å². The highest BCUT2D eigenvalue weighted by Gasteiger charge is 2.32. The standard InChI is InChI=1S/C9H19NO4/c1-9(2,3)10(8(12)13)7(5-11)6-14-4/h7,11H,5-6H2,1-4H3,(H,12,13). The molecule has 0 heterocycles. The van der Waals surface area contributed by atoms with Crippen LogP contribution < -0.4 is 0 Å². The summed E-state index contributed by atoms with van der Waals surface area (Å²) in [6.07, 6.45) is -1.05. The van der Waals surface area contributed by atoms with Crippen molar-refractivity contribution in [1.82, 2.24) is 4.90 Å². The third kappa shape index (κ3) is 3.51. The second-order valence-corrected chi connectivity index (χ2v) is 4.12. The number of carbonyl (C=O) groups is 1. The smallest absolute Gasteiger partial charge is 0.408 e. The minimum atomic E-state index is -1.05. The highest BCUT2D eigenvalue weighted by Crippen LogP contribution is 2.17. The van der Waals surface area contributed by atoms with Gasteiger partial charge in [0.25, 0.3) is 0 Å². The molecule has 0 aromatic rings. The largest absolute Gasteiger partial charge is 0.465 e. The fourth-order valence-corrected chi connectivity index (χ4v) is 1.39. The first-order valence-electron chi connectivity index (χ1n) is 4.46. The maximum absolute atomic E-state index is 11.0. The van der Waals surface area contributed by atoms with E-state index in [1.54, 1.807) is 20.8 Å². The first-order valence-corrected chi connectivity index (χ1v) is 4.46. The van der Waals surface area contributed by atoms with Crippen LogP contribution in [0.4, 0.5) is 4.79 Å². The van der Waals surface area contributed by atoms with Crippen LogP contribution in [-0.4, -0.2) is 53.1 Å². The van der Waals surface area contributed by atoms with Crippen molar-refractivity contribution in [3.8, 4) is 0 Å². The summed E-state index contributed by atoms with van der Waals surface area (Å²) in [7, 11) is 1.48. The van der Waals surface area contributed by atoms with Crippen LogP contribution in [0, 0.1) is 0 Å². The zero-order valence-electron chi connectivity index (χ0n) is 9.15. The van der Waals surface area contributed by atoms with E-state index in [9.17, 15) is 4.79 Å². The lowest BCUT2D eigenvalue weighted by molar-refractivity contribution is 0.0111. The number of ether oxygens (including phenoxy) is 1. The molecule has 84 valence electrons. The van der Waals surface area contributed by atoms with E-state index in [4.69, 9.17) is 14.9 Å². The maximum Gasteiger partial charge on any atom is 0.408 e. The lowest BCUT2D eigenvalue weighted by Gasteiger charge is -2.38. The molecule has 0 aromatic heterocycles. The van der Waals surface area contributed by atoms with Gasteiger partial charge in [0.1, 0.15) is 0 Å². The molecule has 0 bridgehead atoms. The van der Waals surface area contributed by atoms with E-state index in [1.165, 1.54) is 12.0 Å². The number of amides is 1. The van der Waals surface area contributed by atoms with Gasteiger partial charge in [-0.05, 0) is 20.8 Å². The first kappa shape index (κ1) is 13.2. The maximum atomic E-state index is 11.0. The third-order valence-corrected chi connectivity index (χ3v) is 1.86. The topological polar surface area (TPSA) is 70.0 Å². The number of carboxylic acid groups (broad SMARTS) is 1. The van der Waals surface area contributed by atoms with Crippen molar-refractivity contribution in [3.05, 3.63) is 0 Å². The van der Waals surface area contributed by atoms with Gasteiger partial charge < -0.3 is 14.9 Å². The molecule has 0 aliphatic rings. The molecule has 0 saturated carbocycles. The summed E-state index contributed by atoms with van der Waals surface area (Å²) in [6, 6.07) is -0.516. The van der Waals surface area contributed by atoms with Gasteiger partial charge in [0, 0.05) is 12.6 Å². The van der Waals surface area contributed by atoms with Gasteiger partial charge in [0.2, 0.25) is 0 Å². The van der Waals surface area contributed by atoms with Gasteiger partial charge in [-0.15, -0.1) is 0 Å². The van der Waals surface area contributed by atoms with E-state index in [0.717, 1.165) is 0 Å². The van der Waals surface area contributed by atoms with Crippen molar-refractivity contribution in [2.24, 2.45) is 0 Å². The Morgan fingerprint density at radius 2 is 2.00 bits per heavy atom. The molecule has 0 saturated heterocycles. The quantitative estimate of drug-likeness (QED) is 0.711. The van der Waals surface area contributed by atoms with Gasteiger partial charge in [-0.2, -0.15) is 0 Å². The SMILES string of the molecule is COCC(CO)N(C(=O)O)C(C)(C)C. The molecule has 0 fully saturated rings. The van der Waals surface area contributed by atoms with Gasteiger partial charge in [-0.3, -0.25) is 4.90 Å². The van der Waals surface area contributed by atoms with Crippen LogP contribution in [0.2, 0.25) is 0 Å². The van der Waals surface area contributed by atoms with Gasteiger partial charge in [-0.25, -0.2) is 4.79 Å². The van der Waals surface area contributed by atoms with Crippen LogP contribution >= 0.6 is 0 Å². The Balaban J connectivity index is 4.70. The van der Waals surface area contributed by atoms with E-state index in [0.29, 0.717) is 0 Å². The monoisotopic (exact) mass is 205 g/mol. The van der Waals surface area contributed by atoms with Crippen LogP contribution in [-0.2, 0) is 4.74 Å². The lowest BCUT2D eigenvalue weighted by atomic mass is 10.0. The van der Waals surface area contributed by atoms with Crippen LogP contribution in [0.3, 0.4) is 0 Å². The summed E-state index contributed by atoms with van der Waals surface area (Å²) in [5.74, 6) is 0. The van der Waals surface area contributed by atoms with Crippen LogP contribution in [0.1, 0.15) is 20.8 Å². The number of hydrogen-bond acceptors (Lipinski definition) is 3. The second kappa shape index (κ2) is 5.17. The molecule has 1 atom stereocenters. The number of aliphatic hydroxyl groups excluding tert-OH is 1. The number of aliphatic hydroxyl groups is 1. The molecule has 0 spiro atoms. The molecular weight excluding hydrogens is 186 g/mol. The van der Waals surface area contributed by atoms with Crippen molar-refractivity contribution in [1.29, 1.82) is 0 Å². The zero-order valence-corrected chi connectivity index (χ0v) is 9.15. The molecule has 2 N–H and O–H groups in total. The van der Waals surface area contributed by atoms with E-state index in [1.807, 2.05) is 0 Å². The molecule has 0 aliphatic carbocycles.